The van der Waals surface area contributed by atoms with E-state index in [2.05, 4.69) is 5.10 Å². The molecule has 0 aliphatic rings. The van der Waals surface area contributed by atoms with E-state index in [4.69, 9.17) is 9.47 Å². The Bertz CT molecular complexity index is 766. The highest BCUT2D eigenvalue weighted by Crippen LogP contribution is 2.19. The van der Waals surface area contributed by atoms with Crippen molar-refractivity contribution in [2.75, 3.05) is 13.7 Å². The Morgan fingerprint density at radius 2 is 1.78 bits per heavy atom. The summed E-state index contributed by atoms with van der Waals surface area (Å²) in [4.78, 5) is 0. The zero-order valence-corrected chi connectivity index (χ0v) is 13.1. The molecule has 1 heterocycles. The molecule has 0 amide bonds. The summed E-state index contributed by atoms with van der Waals surface area (Å²) in [6.45, 7) is 1.29. The third-order valence-electron chi connectivity index (χ3n) is 3.75. The van der Waals surface area contributed by atoms with Crippen molar-refractivity contribution in [3.8, 4) is 11.5 Å². The minimum absolute atomic E-state index is 0.0140. The van der Waals surface area contributed by atoms with E-state index in [0.29, 0.717) is 13.2 Å². The van der Waals surface area contributed by atoms with Crippen LogP contribution in [0.3, 0.4) is 0 Å². The minimum Gasteiger partial charge on any atom is -0.497 e. The molecule has 2 aromatic carbocycles. The van der Waals surface area contributed by atoms with Crippen LogP contribution in [0, 0.1) is 0 Å². The van der Waals surface area contributed by atoms with Gasteiger partial charge in [-0.2, -0.15) is 5.10 Å². The van der Waals surface area contributed by atoms with Gasteiger partial charge in [-0.15, -0.1) is 0 Å². The van der Waals surface area contributed by atoms with Crippen LogP contribution in [0.25, 0.3) is 10.9 Å². The van der Waals surface area contributed by atoms with Crippen LogP contribution in [0.15, 0.2) is 48.5 Å². The molecule has 23 heavy (non-hydrogen) atoms. The second-order valence-corrected chi connectivity index (χ2v) is 5.22. The fourth-order valence-electron chi connectivity index (χ4n) is 2.56. The predicted molar refractivity (Wildman–Crippen MR) is 88.8 cm³/mol. The molecule has 0 aliphatic heterocycles. The first-order chi connectivity index (χ1) is 11.3. The predicted octanol–water partition coefficient (Wildman–Crippen LogP) is 3.01. The summed E-state index contributed by atoms with van der Waals surface area (Å²) in [6.07, 6.45) is 0.813. The maximum atomic E-state index is 9.59. The van der Waals surface area contributed by atoms with E-state index in [0.717, 1.165) is 34.5 Å². The maximum Gasteiger partial charge on any atom is 0.119 e. The summed E-state index contributed by atoms with van der Waals surface area (Å²) >= 11 is 0. The topological polar surface area (TPSA) is 56.5 Å². The number of aliphatic hydroxyl groups is 1. The highest BCUT2D eigenvalue weighted by Gasteiger charge is 2.09. The fourth-order valence-corrected chi connectivity index (χ4v) is 2.56. The lowest BCUT2D eigenvalue weighted by Gasteiger charge is -2.08. The Morgan fingerprint density at radius 3 is 2.52 bits per heavy atom. The Hall–Kier alpha value is -2.53. The number of fused-ring (bicyclic) bond motifs is 1. The van der Waals surface area contributed by atoms with Crippen LogP contribution in [0.2, 0.25) is 0 Å². The largest absolute Gasteiger partial charge is 0.497 e. The number of nitrogens with zero attached hydrogens (tertiary/aromatic N) is 2. The van der Waals surface area contributed by atoms with Gasteiger partial charge in [-0.1, -0.05) is 18.2 Å². The molecule has 3 aromatic rings. The summed E-state index contributed by atoms with van der Waals surface area (Å²) in [5.41, 5.74) is 1.76. The number of hydrogen-bond acceptors (Lipinski definition) is 4. The number of methoxy groups -OCH3 is 1. The summed E-state index contributed by atoms with van der Waals surface area (Å²) in [7, 11) is 1.64. The quantitative estimate of drug-likeness (QED) is 0.681. The smallest absolute Gasteiger partial charge is 0.119 e. The maximum absolute atomic E-state index is 9.59. The first-order valence-corrected chi connectivity index (χ1v) is 7.64. The Morgan fingerprint density at radius 1 is 1.04 bits per heavy atom. The number of hydrogen-bond donors (Lipinski definition) is 1. The van der Waals surface area contributed by atoms with Crippen molar-refractivity contribution in [3.05, 3.63) is 54.2 Å². The molecule has 1 N–H and O–H groups in total. The molecule has 0 saturated carbocycles. The minimum atomic E-state index is -0.0140. The summed E-state index contributed by atoms with van der Waals surface area (Å²) in [5.74, 6) is 1.63. The van der Waals surface area contributed by atoms with Crippen molar-refractivity contribution in [2.45, 2.75) is 19.6 Å². The molecule has 1 aromatic heterocycles. The lowest BCUT2D eigenvalue weighted by molar-refractivity contribution is 0.262. The standard InChI is InChI=1S/C18H20N2O3/c1-22-14-7-9-15(10-8-14)23-12-4-11-20-18(13-21)16-5-2-3-6-17(16)19-20/h2-3,5-10,21H,4,11-13H2,1H3. The summed E-state index contributed by atoms with van der Waals surface area (Å²) in [6, 6.07) is 15.4. The lowest BCUT2D eigenvalue weighted by atomic mass is 10.2. The third-order valence-corrected chi connectivity index (χ3v) is 3.75. The van der Waals surface area contributed by atoms with Gasteiger partial charge in [0, 0.05) is 18.4 Å². The van der Waals surface area contributed by atoms with Gasteiger partial charge in [0.05, 0.1) is 31.5 Å². The van der Waals surface area contributed by atoms with Gasteiger partial charge >= 0.3 is 0 Å². The highest BCUT2D eigenvalue weighted by molar-refractivity contribution is 5.81. The van der Waals surface area contributed by atoms with Crippen molar-refractivity contribution >= 4 is 10.9 Å². The van der Waals surface area contributed by atoms with E-state index in [9.17, 15) is 5.11 Å². The molecule has 0 fully saturated rings. The van der Waals surface area contributed by atoms with Crippen LogP contribution in [-0.2, 0) is 13.2 Å². The molecule has 5 nitrogen and oxygen atoms in total. The van der Waals surface area contributed by atoms with Crippen LogP contribution in [0.5, 0.6) is 11.5 Å². The molecule has 0 aliphatic carbocycles. The molecule has 0 bridgehead atoms. The van der Waals surface area contributed by atoms with Crippen LogP contribution in [-0.4, -0.2) is 28.6 Å². The average Bonchev–Trinajstić information content (AvgIpc) is 2.96. The average molecular weight is 312 g/mol. The normalized spacial score (nSPS) is 10.9. The zero-order chi connectivity index (χ0) is 16.1. The van der Waals surface area contributed by atoms with Crippen LogP contribution in [0.1, 0.15) is 12.1 Å². The first-order valence-electron chi connectivity index (χ1n) is 7.64. The number of ether oxygens (including phenoxy) is 2. The second kappa shape index (κ2) is 7.15. The molecule has 3 rings (SSSR count). The number of aromatic nitrogens is 2. The highest BCUT2D eigenvalue weighted by atomic mass is 16.5. The molecule has 0 atom stereocenters. The van der Waals surface area contributed by atoms with Crippen molar-refractivity contribution in [1.29, 1.82) is 0 Å². The Kier molecular flexibility index (Phi) is 4.78. The van der Waals surface area contributed by atoms with E-state index in [1.54, 1.807) is 7.11 Å². The van der Waals surface area contributed by atoms with E-state index >= 15 is 0 Å². The van der Waals surface area contributed by atoms with Crippen LogP contribution < -0.4 is 9.47 Å². The van der Waals surface area contributed by atoms with Gasteiger partial charge in [-0.25, -0.2) is 0 Å². The molecular formula is C18H20N2O3. The second-order valence-electron chi connectivity index (χ2n) is 5.22. The Labute approximate surface area is 135 Å². The molecule has 5 heteroatoms. The van der Waals surface area contributed by atoms with Crippen molar-refractivity contribution in [3.63, 3.8) is 0 Å². The van der Waals surface area contributed by atoms with Gasteiger partial charge in [0.25, 0.3) is 0 Å². The van der Waals surface area contributed by atoms with Crippen molar-refractivity contribution in [2.24, 2.45) is 0 Å². The number of aliphatic hydroxyl groups excluding tert-OH is 1. The summed E-state index contributed by atoms with van der Waals surface area (Å²) in [5, 5.41) is 15.1. The number of rotatable bonds is 7. The molecule has 120 valence electrons. The van der Waals surface area contributed by atoms with E-state index in [-0.39, 0.29) is 6.61 Å². The van der Waals surface area contributed by atoms with Gasteiger partial charge in [0.15, 0.2) is 0 Å². The van der Waals surface area contributed by atoms with Gasteiger partial charge in [-0.3, -0.25) is 4.68 Å². The van der Waals surface area contributed by atoms with Gasteiger partial charge in [0.2, 0.25) is 0 Å². The lowest BCUT2D eigenvalue weighted by Crippen LogP contribution is -2.09. The molecule has 0 spiro atoms. The number of aryl methyl sites for hydroxylation is 1. The summed E-state index contributed by atoms with van der Waals surface area (Å²) < 4.78 is 12.7. The fraction of sp³-hybridized carbons (Fsp3) is 0.278. The van der Waals surface area contributed by atoms with Gasteiger partial charge in [0.1, 0.15) is 11.5 Å². The molecule has 0 unspecified atom stereocenters. The zero-order valence-electron chi connectivity index (χ0n) is 13.1. The Balaban J connectivity index is 1.58. The number of benzene rings is 2. The molecule has 0 radical (unpaired) electrons. The van der Waals surface area contributed by atoms with Crippen LogP contribution in [0.4, 0.5) is 0 Å². The van der Waals surface area contributed by atoms with E-state index < -0.39 is 0 Å². The first kappa shape index (κ1) is 15.4. The van der Waals surface area contributed by atoms with Crippen molar-refractivity contribution < 1.29 is 14.6 Å². The van der Waals surface area contributed by atoms with E-state index in [1.807, 2.05) is 53.2 Å². The van der Waals surface area contributed by atoms with Crippen LogP contribution >= 0.6 is 0 Å². The third kappa shape index (κ3) is 3.46. The van der Waals surface area contributed by atoms with E-state index in [1.165, 1.54) is 0 Å². The monoisotopic (exact) mass is 312 g/mol. The van der Waals surface area contributed by atoms with Gasteiger partial charge < -0.3 is 14.6 Å². The SMILES string of the molecule is COc1ccc(OCCCn2nc3ccccc3c2CO)cc1. The molecular weight excluding hydrogens is 292 g/mol. The van der Waals surface area contributed by atoms with Crippen molar-refractivity contribution in [1.82, 2.24) is 9.78 Å². The van der Waals surface area contributed by atoms with Gasteiger partial charge in [-0.05, 0) is 30.3 Å². The molecule has 0 saturated heterocycles.